The minimum atomic E-state index is -0.849. The summed E-state index contributed by atoms with van der Waals surface area (Å²) in [6, 6.07) is 12.5. The van der Waals surface area contributed by atoms with Gasteiger partial charge in [0.1, 0.15) is 41.7 Å². The molecule has 34 heavy (non-hydrogen) atoms. The van der Waals surface area contributed by atoms with E-state index in [4.69, 9.17) is 26.2 Å². The molecule has 1 aliphatic rings. The molecule has 4 rings (SSSR count). The Balaban J connectivity index is 1.88. The monoisotopic (exact) mass is 458 g/mol. The second-order valence-electron chi connectivity index (χ2n) is 7.16. The third-order valence-electron chi connectivity index (χ3n) is 5.21. The Morgan fingerprint density at radius 3 is 2.68 bits per heavy atom. The number of halogens is 1. The van der Waals surface area contributed by atoms with Crippen molar-refractivity contribution >= 4 is 23.3 Å². The number of nitrogen functional groups attached to an aromatic ring is 2. The number of aliphatic imine (C=N–C) groups is 1. The molecule has 1 atom stereocenters. The fraction of sp³-hybridized carbons (Fsp3) is 0.130. The van der Waals surface area contributed by atoms with E-state index in [1.54, 1.807) is 42.6 Å². The number of guanidine groups is 1. The number of nitrogens with zero attached hydrogens (tertiary/aromatic N) is 4. The number of fused-ring (bicyclic) bond motifs is 1. The number of hydrogen-bond donors (Lipinski definition) is 4. The number of pyridine rings is 1. The molecule has 6 N–H and O–H groups in total. The fourth-order valence-electron chi connectivity index (χ4n) is 3.63. The Hall–Kier alpha value is -5.03. The second-order valence-corrected chi connectivity index (χ2v) is 7.16. The smallest absolute Gasteiger partial charge is 0.211 e. The van der Waals surface area contributed by atoms with Gasteiger partial charge in [-0.25, -0.2) is 14.4 Å². The highest BCUT2D eigenvalue weighted by atomic mass is 19.1. The van der Waals surface area contributed by atoms with Crippen molar-refractivity contribution in [1.82, 2.24) is 10.3 Å². The van der Waals surface area contributed by atoms with E-state index in [0.717, 1.165) is 0 Å². The first-order valence-electron chi connectivity index (χ1n) is 10.0. The number of benzene rings is 2. The molecule has 11 heteroatoms. The van der Waals surface area contributed by atoms with Gasteiger partial charge >= 0.3 is 0 Å². The molecule has 0 saturated carbocycles. The lowest BCUT2D eigenvalue weighted by molar-refractivity contribution is 0.276. The van der Waals surface area contributed by atoms with Crippen LogP contribution in [0.1, 0.15) is 28.3 Å². The second kappa shape index (κ2) is 9.22. The van der Waals surface area contributed by atoms with Gasteiger partial charge in [0, 0.05) is 16.7 Å². The lowest BCUT2D eigenvalue weighted by atomic mass is 9.94. The average Bonchev–Trinajstić information content (AvgIpc) is 2.83. The lowest BCUT2D eigenvalue weighted by Crippen LogP contribution is -2.33. The van der Waals surface area contributed by atoms with Gasteiger partial charge in [0.05, 0.1) is 12.8 Å². The first-order valence-corrected chi connectivity index (χ1v) is 10.0. The van der Waals surface area contributed by atoms with Crippen molar-refractivity contribution < 1.29 is 13.9 Å². The number of anilines is 3. The molecule has 0 amide bonds. The Kier molecular flexibility index (Phi) is 6.01. The molecule has 0 fully saturated rings. The van der Waals surface area contributed by atoms with Crippen LogP contribution in [0.25, 0.3) is 0 Å². The molecule has 2 aromatic carbocycles. The molecule has 1 aliphatic heterocycles. The van der Waals surface area contributed by atoms with Gasteiger partial charge in [0.2, 0.25) is 5.96 Å². The SMILES string of the molecule is COc1cccc(C2N=C(NC#N)Nc3nc(N)c(C#N)c(N)c32)c1OCc1ccccc1F. The predicted molar refractivity (Wildman–Crippen MR) is 123 cm³/mol. The number of rotatable bonds is 5. The van der Waals surface area contributed by atoms with Crippen molar-refractivity contribution in [2.45, 2.75) is 12.6 Å². The molecule has 0 spiro atoms. The predicted octanol–water partition coefficient (Wildman–Crippen LogP) is 2.79. The van der Waals surface area contributed by atoms with Crippen LogP contribution < -0.4 is 31.6 Å². The maximum absolute atomic E-state index is 14.2. The highest BCUT2D eigenvalue weighted by Gasteiger charge is 2.32. The van der Waals surface area contributed by atoms with Crippen molar-refractivity contribution in [2.24, 2.45) is 4.99 Å². The van der Waals surface area contributed by atoms with Crippen molar-refractivity contribution in [3.63, 3.8) is 0 Å². The van der Waals surface area contributed by atoms with Crippen LogP contribution in [-0.4, -0.2) is 18.1 Å². The molecule has 0 saturated heterocycles. The molecule has 170 valence electrons. The van der Waals surface area contributed by atoms with Crippen LogP contribution in [0.3, 0.4) is 0 Å². The zero-order valence-corrected chi connectivity index (χ0v) is 18.0. The van der Waals surface area contributed by atoms with Crippen molar-refractivity contribution in [3.8, 4) is 23.8 Å². The van der Waals surface area contributed by atoms with E-state index >= 15 is 0 Å². The summed E-state index contributed by atoms with van der Waals surface area (Å²) in [5.41, 5.74) is 13.5. The van der Waals surface area contributed by atoms with Crippen molar-refractivity contribution in [2.75, 3.05) is 23.9 Å². The highest BCUT2D eigenvalue weighted by Crippen LogP contribution is 2.45. The van der Waals surface area contributed by atoms with Gasteiger partial charge in [0.15, 0.2) is 17.7 Å². The van der Waals surface area contributed by atoms with E-state index in [1.807, 2.05) is 6.07 Å². The Bertz CT molecular complexity index is 1380. The molecule has 0 aliphatic carbocycles. The van der Waals surface area contributed by atoms with E-state index < -0.39 is 11.9 Å². The minimum Gasteiger partial charge on any atom is -0.493 e. The Morgan fingerprint density at radius 2 is 1.97 bits per heavy atom. The zero-order valence-electron chi connectivity index (χ0n) is 18.0. The molecular weight excluding hydrogens is 439 g/mol. The summed E-state index contributed by atoms with van der Waals surface area (Å²) in [5, 5.41) is 23.9. The quantitative estimate of drug-likeness (QED) is 0.332. The number of methoxy groups -OCH3 is 1. The third-order valence-corrected chi connectivity index (χ3v) is 5.21. The minimum absolute atomic E-state index is 0.00848. The largest absolute Gasteiger partial charge is 0.493 e. The number of nitrogens with two attached hydrogens (primary N) is 2. The molecule has 0 radical (unpaired) electrons. The number of para-hydroxylation sites is 1. The van der Waals surface area contributed by atoms with Crippen LogP contribution in [0.15, 0.2) is 47.5 Å². The molecular formula is C23H19FN8O2. The van der Waals surface area contributed by atoms with Crippen LogP contribution in [0.2, 0.25) is 0 Å². The van der Waals surface area contributed by atoms with Gasteiger partial charge in [-0.1, -0.05) is 30.3 Å². The molecule has 2 heterocycles. The standard InChI is InChI=1S/C23H19FN8O2/c1-33-16-8-4-6-13(20(16)34-10-12-5-2-3-7-15(12)24)19-17-18(27)14(9-25)21(28)31-22(17)32-23(30-19)29-11-26/h2-8,19H,10H2,1H3,(H6,27,28,29,30,31,32). The van der Waals surface area contributed by atoms with Crippen LogP contribution in [0, 0.1) is 28.6 Å². The Labute approximate surface area is 194 Å². The van der Waals surface area contributed by atoms with Crippen LogP contribution in [-0.2, 0) is 6.61 Å². The van der Waals surface area contributed by atoms with Crippen LogP contribution >= 0.6 is 0 Å². The first kappa shape index (κ1) is 22.2. The normalized spacial score (nSPS) is 14.0. The summed E-state index contributed by atoms with van der Waals surface area (Å²) < 4.78 is 25.7. The number of nitriles is 2. The first-order chi connectivity index (χ1) is 16.5. The van der Waals surface area contributed by atoms with Gasteiger partial charge in [-0.05, 0) is 12.1 Å². The van der Waals surface area contributed by atoms with Crippen LogP contribution in [0.4, 0.5) is 21.7 Å². The maximum Gasteiger partial charge on any atom is 0.211 e. The number of hydrogen-bond acceptors (Lipinski definition) is 10. The van der Waals surface area contributed by atoms with E-state index in [1.165, 1.54) is 13.2 Å². The fourth-order valence-corrected chi connectivity index (χ4v) is 3.63. The zero-order chi connectivity index (χ0) is 24.2. The van der Waals surface area contributed by atoms with E-state index in [-0.39, 0.29) is 35.5 Å². The van der Waals surface area contributed by atoms with Gasteiger partial charge in [-0.2, -0.15) is 10.5 Å². The van der Waals surface area contributed by atoms with Gasteiger partial charge in [0.25, 0.3) is 0 Å². The highest BCUT2D eigenvalue weighted by molar-refractivity contribution is 5.98. The van der Waals surface area contributed by atoms with Gasteiger partial charge in [-0.3, -0.25) is 5.32 Å². The third kappa shape index (κ3) is 3.94. The summed E-state index contributed by atoms with van der Waals surface area (Å²) >= 11 is 0. The van der Waals surface area contributed by atoms with Crippen molar-refractivity contribution in [3.05, 3.63) is 70.5 Å². The summed E-state index contributed by atoms with van der Waals surface area (Å²) in [7, 11) is 1.47. The van der Waals surface area contributed by atoms with Crippen LogP contribution in [0.5, 0.6) is 11.5 Å². The Morgan fingerprint density at radius 1 is 1.18 bits per heavy atom. The summed E-state index contributed by atoms with van der Waals surface area (Å²) in [6.45, 7) is -0.0796. The summed E-state index contributed by atoms with van der Waals surface area (Å²) in [4.78, 5) is 8.79. The maximum atomic E-state index is 14.2. The summed E-state index contributed by atoms with van der Waals surface area (Å²) in [6.07, 6.45) is 1.80. The lowest BCUT2D eigenvalue weighted by Gasteiger charge is -2.27. The summed E-state index contributed by atoms with van der Waals surface area (Å²) in [5.74, 6) is 0.521. The number of aromatic nitrogens is 1. The van der Waals surface area contributed by atoms with Gasteiger partial charge < -0.3 is 26.3 Å². The average molecular weight is 458 g/mol. The van der Waals surface area contributed by atoms with Crippen molar-refractivity contribution in [1.29, 1.82) is 10.5 Å². The topological polar surface area (TPSA) is 167 Å². The van der Waals surface area contributed by atoms with Gasteiger partial charge in [-0.15, -0.1) is 0 Å². The number of ether oxygens (including phenoxy) is 2. The number of nitrogens with one attached hydrogen (secondary N) is 2. The molecule has 10 nitrogen and oxygen atoms in total. The molecule has 1 aromatic heterocycles. The van der Waals surface area contributed by atoms with E-state index in [9.17, 15) is 9.65 Å². The molecule has 3 aromatic rings. The van der Waals surface area contributed by atoms with E-state index in [0.29, 0.717) is 28.2 Å². The van der Waals surface area contributed by atoms with E-state index in [2.05, 4.69) is 20.6 Å². The molecule has 0 bridgehead atoms. The molecule has 1 unspecified atom stereocenters.